The molecule has 2 aromatic heterocycles. The van der Waals surface area contributed by atoms with Crippen molar-refractivity contribution in [3.05, 3.63) is 46.2 Å². The van der Waals surface area contributed by atoms with Crippen LogP contribution in [0.3, 0.4) is 0 Å². The van der Waals surface area contributed by atoms with Crippen LogP contribution in [0.15, 0.2) is 34.9 Å². The van der Waals surface area contributed by atoms with Crippen molar-refractivity contribution in [1.29, 1.82) is 0 Å². The van der Waals surface area contributed by atoms with Crippen LogP contribution in [0.2, 0.25) is 0 Å². The first-order chi connectivity index (χ1) is 10.5. The third-order valence-electron chi connectivity index (χ3n) is 3.07. The minimum Gasteiger partial charge on any atom is -0.345 e. The van der Waals surface area contributed by atoms with Crippen molar-refractivity contribution in [3.63, 3.8) is 0 Å². The summed E-state index contributed by atoms with van der Waals surface area (Å²) in [5.41, 5.74) is 6.76. The number of hydrogen-bond donors (Lipinski definition) is 3. The van der Waals surface area contributed by atoms with Gasteiger partial charge in [-0.3, -0.25) is 20.4 Å². The zero-order valence-electron chi connectivity index (χ0n) is 11.4. The van der Waals surface area contributed by atoms with Crippen molar-refractivity contribution in [2.75, 3.05) is 0 Å². The highest BCUT2D eigenvalue weighted by Crippen LogP contribution is 2.13. The van der Waals surface area contributed by atoms with Crippen LogP contribution in [0.25, 0.3) is 11.0 Å². The van der Waals surface area contributed by atoms with Crippen molar-refractivity contribution in [1.82, 2.24) is 30.8 Å². The molecule has 9 heteroatoms. The Labute approximate surface area is 133 Å². The van der Waals surface area contributed by atoms with Gasteiger partial charge in [0.05, 0.1) is 0 Å². The van der Waals surface area contributed by atoms with Gasteiger partial charge in [-0.2, -0.15) is 15.4 Å². The number of nitrogens with one attached hydrogen (secondary N) is 3. The Bertz CT molecular complexity index is 868. The standard InChI is InChI=1S/C13H11BrN6O2/c1-20-6-8(14)5-11(20)13(22)18-17-12(21)7-2-3-9-10(4-7)16-19-15-9/h2-6H,1H3,(H,17,21)(H,18,22)(H,15,16,19). The third kappa shape index (κ3) is 2.70. The van der Waals surface area contributed by atoms with E-state index in [2.05, 4.69) is 42.2 Å². The highest BCUT2D eigenvalue weighted by molar-refractivity contribution is 9.10. The van der Waals surface area contributed by atoms with Gasteiger partial charge in [-0.25, -0.2) is 0 Å². The van der Waals surface area contributed by atoms with E-state index in [4.69, 9.17) is 0 Å². The van der Waals surface area contributed by atoms with Crippen LogP contribution in [0.5, 0.6) is 0 Å². The fourth-order valence-electron chi connectivity index (χ4n) is 1.98. The lowest BCUT2D eigenvalue weighted by atomic mass is 10.2. The van der Waals surface area contributed by atoms with Crippen molar-refractivity contribution >= 4 is 38.8 Å². The van der Waals surface area contributed by atoms with Gasteiger partial charge in [-0.1, -0.05) is 0 Å². The Kier molecular flexibility index (Phi) is 3.63. The number of H-pyrrole nitrogens is 1. The second-order valence-corrected chi connectivity index (χ2v) is 5.51. The summed E-state index contributed by atoms with van der Waals surface area (Å²) in [7, 11) is 1.74. The van der Waals surface area contributed by atoms with Crippen molar-refractivity contribution in [3.8, 4) is 0 Å². The average Bonchev–Trinajstić information content (AvgIpc) is 3.09. The van der Waals surface area contributed by atoms with Gasteiger partial charge in [0.25, 0.3) is 11.8 Å². The van der Waals surface area contributed by atoms with E-state index in [1.807, 2.05) is 0 Å². The van der Waals surface area contributed by atoms with Crippen LogP contribution in [0.1, 0.15) is 20.8 Å². The second-order valence-electron chi connectivity index (χ2n) is 4.59. The van der Waals surface area contributed by atoms with Crippen LogP contribution < -0.4 is 10.9 Å². The molecule has 0 radical (unpaired) electrons. The van der Waals surface area contributed by atoms with Crippen LogP contribution in [-0.4, -0.2) is 31.8 Å². The number of hydrogen-bond acceptors (Lipinski definition) is 4. The number of nitrogens with zero attached hydrogens (tertiary/aromatic N) is 3. The number of aryl methyl sites for hydroxylation is 1. The average molecular weight is 363 g/mol. The Balaban J connectivity index is 1.69. The second kappa shape index (κ2) is 5.60. The summed E-state index contributed by atoms with van der Waals surface area (Å²) >= 11 is 3.28. The molecule has 0 saturated heterocycles. The number of aromatic nitrogens is 4. The number of amides is 2. The zero-order valence-corrected chi connectivity index (χ0v) is 13.0. The Morgan fingerprint density at radius 3 is 2.59 bits per heavy atom. The van der Waals surface area contributed by atoms with E-state index in [1.54, 1.807) is 42.1 Å². The third-order valence-corrected chi connectivity index (χ3v) is 3.51. The first-order valence-corrected chi connectivity index (χ1v) is 7.07. The van der Waals surface area contributed by atoms with E-state index in [-0.39, 0.29) is 0 Å². The molecule has 3 aromatic rings. The van der Waals surface area contributed by atoms with Crippen molar-refractivity contribution in [2.24, 2.45) is 7.05 Å². The van der Waals surface area contributed by atoms with Gasteiger partial charge in [0.1, 0.15) is 16.7 Å². The molecule has 0 fully saturated rings. The van der Waals surface area contributed by atoms with Gasteiger partial charge < -0.3 is 4.57 Å². The van der Waals surface area contributed by atoms with Gasteiger partial charge in [0.2, 0.25) is 0 Å². The molecule has 22 heavy (non-hydrogen) atoms. The SMILES string of the molecule is Cn1cc(Br)cc1C(=O)NNC(=O)c1ccc2n[nH]nc2c1. The quantitative estimate of drug-likeness (QED) is 0.594. The van der Waals surface area contributed by atoms with Crippen LogP contribution in [0.4, 0.5) is 0 Å². The smallest absolute Gasteiger partial charge is 0.286 e. The molecule has 0 spiro atoms. The molecule has 1 aromatic carbocycles. The molecular formula is C13H11BrN6O2. The van der Waals surface area contributed by atoms with Crippen LogP contribution in [-0.2, 0) is 7.05 Å². The van der Waals surface area contributed by atoms with Gasteiger partial charge in [0.15, 0.2) is 0 Å². The number of carbonyl (C=O) groups excluding carboxylic acids is 2. The van der Waals surface area contributed by atoms with Gasteiger partial charge >= 0.3 is 0 Å². The summed E-state index contributed by atoms with van der Waals surface area (Å²) in [6.07, 6.45) is 1.75. The van der Waals surface area contributed by atoms with E-state index in [0.717, 1.165) is 4.47 Å². The molecule has 3 N–H and O–H groups in total. The highest BCUT2D eigenvalue weighted by Gasteiger charge is 2.13. The molecule has 0 aliphatic heterocycles. The molecule has 0 bridgehead atoms. The fourth-order valence-corrected chi connectivity index (χ4v) is 2.51. The molecule has 2 amide bonds. The summed E-state index contributed by atoms with van der Waals surface area (Å²) in [5.74, 6) is -0.851. The fraction of sp³-hybridized carbons (Fsp3) is 0.0769. The maximum Gasteiger partial charge on any atom is 0.286 e. The molecule has 0 saturated carbocycles. The monoisotopic (exact) mass is 362 g/mol. The number of benzene rings is 1. The normalized spacial score (nSPS) is 10.6. The zero-order chi connectivity index (χ0) is 15.7. The minimum atomic E-state index is -0.438. The number of aromatic amines is 1. The van der Waals surface area contributed by atoms with E-state index < -0.39 is 11.8 Å². The number of halogens is 1. The largest absolute Gasteiger partial charge is 0.345 e. The number of fused-ring (bicyclic) bond motifs is 1. The number of carbonyl (C=O) groups is 2. The molecule has 0 aliphatic rings. The van der Waals surface area contributed by atoms with E-state index in [9.17, 15) is 9.59 Å². The van der Waals surface area contributed by atoms with Crippen LogP contribution in [0, 0.1) is 0 Å². The molecule has 0 unspecified atom stereocenters. The first kappa shape index (κ1) is 14.3. The van der Waals surface area contributed by atoms with Gasteiger partial charge in [-0.05, 0) is 40.2 Å². The Hall–Kier alpha value is -2.68. The number of hydrazine groups is 1. The molecular weight excluding hydrogens is 352 g/mol. The molecule has 112 valence electrons. The Morgan fingerprint density at radius 1 is 1.14 bits per heavy atom. The molecule has 3 rings (SSSR count). The maximum atomic E-state index is 12.0. The van der Waals surface area contributed by atoms with Crippen molar-refractivity contribution < 1.29 is 9.59 Å². The maximum absolute atomic E-state index is 12.0. The topological polar surface area (TPSA) is 105 Å². The minimum absolute atomic E-state index is 0.370. The predicted molar refractivity (Wildman–Crippen MR) is 81.9 cm³/mol. The molecule has 8 nitrogen and oxygen atoms in total. The summed E-state index contributed by atoms with van der Waals surface area (Å²) in [5, 5.41) is 10.3. The van der Waals surface area contributed by atoms with Crippen molar-refractivity contribution in [2.45, 2.75) is 0 Å². The summed E-state index contributed by atoms with van der Waals surface area (Å²) in [6, 6.07) is 6.51. The molecule has 2 heterocycles. The van der Waals surface area contributed by atoms with Gasteiger partial charge in [0, 0.05) is 23.3 Å². The summed E-state index contributed by atoms with van der Waals surface area (Å²) < 4.78 is 2.43. The van der Waals surface area contributed by atoms with E-state index >= 15 is 0 Å². The molecule has 0 aliphatic carbocycles. The Morgan fingerprint density at radius 2 is 1.86 bits per heavy atom. The first-order valence-electron chi connectivity index (χ1n) is 6.27. The lowest BCUT2D eigenvalue weighted by Gasteiger charge is -2.07. The summed E-state index contributed by atoms with van der Waals surface area (Å²) in [4.78, 5) is 24.0. The number of rotatable bonds is 2. The highest BCUT2D eigenvalue weighted by atomic mass is 79.9. The lowest BCUT2D eigenvalue weighted by molar-refractivity contribution is 0.0842. The van der Waals surface area contributed by atoms with Crippen LogP contribution >= 0.6 is 15.9 Å². The lowest BCUT2D eigenvalue weighted by Crippen LogP contribution is -2.42. The van der Waals surface area contributed by atoms with E-state index in [1.165, 1.54) is 0 Å². The van der Waals surface area contributed by atoms with E-state index in [0.29, 0.717) is 22.3 Å². The van der Waals surface area contributed by atoms with Gasteiger partial charge in [-0.15, -0.1) is 0 Å². The molecule has 0 atom stereocenters. The predicted octanol–water partition coefficient (Wildman–Crippen LogP) is 1.13. The summed E-state index contributed by atoms with van der Waals surface area (Å²) in [6.45, 7) is 0.